The van der Waals surface area contributed by atoms with Crippen LogP contribution in [0.25, 0.3) is 0 Å². The van der Waals surface area contributed by atoms with Crippen LogP contribution in [0.3, 0.4) is 0 Å². The number of hydrogen-bond donors (Lipinski definition) is 9. The number of amides is 1. The van der Waals surface area contributed by atoms with Crippen LogP contribution in [0.5, 0.6) is 0 Å². The van der Waals surface area contributed by atoms with Gasteiger partial charge in [-0.05, 0) is 0 Å². The Morgan fingerprint density at radius 2 is 1.69 bits per heavy atom. The maximum absolute atomic E-state index is 12.4. The molecule has 0 aliphatic carbocycles. The number of aliphatic hydroxyl groups is 5. The molecule has 2 saturated heterocycles. The number of nitrogens with zero attached hydrogens (tertiary/aromatic N) is 1. The fourth-order valence-corrected chi connectivity index (χ4v) is 5.92. The lowest BCUT2D eigenvalue weighted by Crippen LogP contribution is -2.64. The number of carbonyl (C=O) groups is 1. The Morgan fingerprint density at radius 1 is 1.05 bits per heavy atom. The van der Waals surface area contributed by atoms with Crippen molar-refractivity contribution in [2.45, 2.75) is 62.1 Å². The van der Waals surface area contributed by atoms with E-state index in [0.717, 1.165) is 23.8 Å². The molecule has 22 heteroatoms. The van der Waals surface area contributed by atoms with E-state index in [4.69, 9.17) is 9.47 Å². The lowest BCUT2D eigenvalue weighted by Gasteiger charge is -2.42. The molecule has 0 saturated carbocycles. The summed E-state index contributed by atoms with van der Waals surface area (Å²) in [7, 11) is -11.1. The van der Waals surface area contributed by atoms with Crippen LogP contribution in [0.15, 0.2) is 21.9 Å². The molecule has 2 unspecified atom stereocenters. The third-order valence-electron chi connectivity index (χ3n) is 5.56. The van der Waals surface area contributed by atoms with Gasteiger partial charge in [0.05, 0.1) is 13.2 Å². The molecule has 3 rings (SSSR count). The minimum Gasteiger partial charge on any atom is -0.394 e. The molecule has 2 aliphatic heterocycles. The van der Waals surface area contributed by atoms with Gasteiger partial charge in [0.25, 0.3) is 5.56 Å². The quantitative estimate of drug-likeness (QED) is 0.113. The summed E-state index contributed by atoms with van der Waals surface area (Å²) >= 11 is 0. The van der Waals surface area contributed by atoms with Crippen LogP contribution >= 0.6 is 15.6 Å². The standard InChI is InChI=1S/C17H27N3O17P2/c1-6(22)18-10-13(26)11(24)7(4-21)35-16(10)36-39(31,32)37-38(29,30)33-5-8-12(25)14(27)15(34-8)20-3-2-9(23)19-17(20)28/h2-3,7-8,10-16,21,24-27H,4-5H2,1H3,(H,18,22)(H,29,30)(H,31,32)(H,19,23,28)/t7-,8-,10-,11+,12-,13-,14-,15-,16+/m1/s1. The zero-order chi connectivity index (χ0) is 29.3. The summed E-state index contributed by atoms with van der Waals surface area (Å²) in [4.78, 5) is 56.4. The van der Waals surface area contributed by atoms with E-state index < -0.39 is 101 Å². The van der Waals surface area contributed by atoms with Gasteiger partial charge in [-0.2, -0.15) is 4.31 Å². The number of phosphoric ester groups is 2. The van der Waals surface area contributed by atoms with E-state index in [0.29, 0.717) is 0 Å². The van der Waals surface area contributed by atoms with Gasteiger partial charge in [0.2, 0.25) is 5.91 Å². The van der Waals surface area contributed by atoms with Crippen molar-refractivity contribution >= 4 is 21.6 Å². The summed E-state index contributed by atoms with van der Waals surface area (Å²) < 4.78 is 49.2. The lowest BCUT2D eigenvalue weighted by atomic mass is 9.97. The molecule has 39 heavy (non-hydrogen) atoms. The predicted molar refractivity (Wildman–Crippen MR) is 120 cm³/mol. The maximum Gasteiger partial charge on any atom is 0.483 e. The van der Waals surface area contributed by atoms with Gasteiger partial charge in [-0.3, -0.25) is 28.2 Å². The number of ether oxygens (including phenoxy) is 2. The van der Waals surface area contributed by atoms with Crippen LogP contribution in [0.1, 0.15) is 13.2 Å². The number of nitrogens with one attached hydrogen (secondary N) is 2. The van der Waals surface area contributed by atoms with Gasteiger partial charge in [-0.1, -0.05) is 0 Å². The minimum absolute atomic E-state index is 0.723. The molecule has 1 aromatic heterocycles. The monoisotopic (exact) mass is 607 g/mol. The van der Waals surface area contributed by atoms with Crippen molar-refractivity contribution in [1.29, 1.82) is 0 Å². The Balaban J connectivity index is 1.66. The summed E-state index contributed by atoms with van der Waals surface area (Å²) in [6.07, 6.45) is -13.0. The molecular formula is C17H27N3O17P2. The number of aliphatic hydroxyl groups excluding tert-OH is 5. The maximum atomic E-state index is 12.4. The van der Waals surface area contributed by atoms with Gasteiger partial charge in [0, 0.05) is 19.2 Å². The van der Waals surface area contributed by atoms with E-state index in [9.17, 15) is 58.8 Å². The van der Waals surface area contributed by atoms with Gasteiger partial charge >= 0.3 is 21.3 Å². The number of H-pyrrole nitrogens is 1. The highest BCUT2D eigenvalue weighted by atomic mass is 31.3. The second-order valence-electron chi connectivity index (χ2n) is 8.42. The SMILES string of the molecule is CC(=O)N[C@H]1[C@H](OP(=O)(O)OP(=O)(O)OC[C@H]2O[C@@H](n3ccc(=O)[nH]c3=O)[C@H](O)[C@@H]2O)O[C@H](CO)[C@H](O)[C@@H]1O. The predicted octanol–water partition coefficient (Wildman–Crippen LogP) is -4.65. The van der Waals surface area contributed by atoms with Crippen molar-refractivity contribution in [3.63, 3.8) is 0 Å². The van der Waals surface area contributed by atoms with E-state index in [1.807, 2.05) is 4.98 Å². The number of phosphoric acid groups is 2. The molecule has 2 fully saturated rings. The highest BCUT2D eigenvalue weighted by Gasteiger charge is 2.50. The van der Waals surface area contributed by atoms with Crippen LogP contribution in [0.4, 0.5) is 0 Å². The van der Waals surface area contributed by atoms with Crippen molar-refractivity contribution in [2.75, 3.05) is 13.2 Å². The van der Waals surface area contributed by atoms with E-state index in [-0.39, 0.29) is 0 Å². The van der Waals surface area contributed by atoms with Crippen LogP contribution in [-0.4, -0.2) is 113 Å². The molecule has 3 heterocycles. The van der Waals surface area contributed by atoms with E-state index in [2.05, 4.69) is 18.7 Å². The third kappa shape index (κ3) is 7.66. The Labute approximate surface area is 217 Å². The zero-order valence-electron chi connectivity index (χ0n) is 19.8. The Kier molecular flexibility index (Phi) is 10.0. The largest absolute Gasteiger partial charge is 0.483 e. The van der Waals surface area contributed by atoms with E-state index >= 15 is 0 Å². The van der Waals surface area contributed by atoms with E-state index in [1.54, 1.807) is 0 Å². The summed E-state index contributed by atoms with van der Waals surface area (Å²) in [5.41, 5.74) is -1.75. The van der Waals surface area contributed by atoms with Crippen LogP contribution in [-0.2, 0) is 36.8 Å². The molecule has 11 atom stereocenters. The first-order chi connectivity index (χ1) is 18.0. The first kappa shape index (κ1) is 31.7. The highest BCUT2D eigenvalue weighted by Crippen LogP contribution is 2.61. The molecule has 0 bridgehead atoms. The van der Waals surface area contributed by atoms with Crippen LogP contribution in [0, 0.1) is 0 Å². The summed E-state index contributed by atoms with van der Waals surface area (Å²) in [5, 5.41) is 51.9. The van der Waals surface area contributed by atoms with Crippen molar-refractivity contribution in [3.05, 3.63) is 33.1 Å². The molecular weight excluding hydrogens is 580 g/mol. The smallest absolute Gasteiger partial charge is 0.394 e. The number of rotatable bonds is 10. The summed E-state index contributed by atoms with van der Waals surface area (Å²) in [5.74, 6) is -0.796. The first-order valence-electron chi connectivity index (χ1n) is 11.0. The van der Waals surface area contributed by atoms with Crippen LogP contribution < -0.4 is 16.6 Å². The Hall–Kier alpha value is -1.87. The second-order valence-corrected chi connectivity index (χ2v) is 11.4. The van der Waals surface area contributed by atoms with Crippen LogP contribution in [0.2, 0.25) is 0 Å². The lowest BCUT2D eigenvalue weighted by molar-refractivity contribution is -0.247. The second kappa shape index (κ2) is 12.3. The summed E-state index contributed by atoms with van der Waals surface area (Å²) in [6.45, 7) is -0.940. The van der Waals surface area contributed by atoms with Gasteiger partial charge in [0.1, 0.15) is 42.7 Å². The minimum atomic E-state index is -5.63. The highest BCUT2D eigenvalue weighted by molar-refractivity contribution is 7.61. The molecule has 222 valence electrons. The Bertz CT molecular complexity index is 1240. The zero-order valence-corrected chi connectivity index (χ0v) is 21.6. The van der Waals surface area contributed by atoms with Crippen molar-refractivity contribution in [1.82, 2.24) is 14.9 Å². The van der Waals surface area contributed by atoms with Crippen molar-refractivity contribution in [2.24, 2.45) is 0 Å². The average molecular weight is 607 g/mol. The van der Waals surface area contributed by atoms with Gasteiger partial charge in [-0.15, -0.1) is 0 Å². The third-order valence-corrected chi connectivity index (χ3v) is 8.16. The fourth-order valence-electron chi connectivity index (χ4n) is 3.76. The molecule has 0 radical (unpaired) electrons. The average Bonchev–Trinajstić information content (AvgIpc) is 3.10. The van der Waals surface area contributed by atoms with Gasteiger partial charge < -0.3 is 50.1 Å². The van der Waals surface area contributed by atoms with Crippen molar-refractivity contribution < 1.29 is 72.1 Å². The number of aromatic nitrogens is 2. The summed E-state index contributed by atoms with van der Waals surface area (Å²) in [6, 6.07) is -0.766. The molecule has 1 amide bonds. The first-order valence-corrected chi connectivity index (χ1v) is 14.0. The number of hydrogen-bond acceptors (Lipinski definition) is 15. The fraction of sp³-hybridized carbons (Fsp3) is 0.706. The van der Waals surface area contributed by atoms with Gasteiger partial charge in [-0.25, -0.2) is 13.9 Å². The number of aromatic amines is 1. The number of carbonyl (C=O) groups excluding carboxylic acids is 1. The molecule has 1 aromatic rings. The normalized spacial score (nSPS) is 36.2. The molecule has 20 nitrogen and oxygen atoms in total. The molecule has 0 aromatic carbocycles. The van der Waals surface area contributed by atoms with Crippen molar-refractivity contribution in [3.8, 4) is 0 Å². The Morgan fingerprint density at radius 3 is 2.28 bits per heavy atom. The molecule has 9 N–H and O–H groups in total. The topological polar surface area (TPSA) is 306 Å². The van der Waals surface area contributed by atoms with E-state index in [1.165, 1.54) is 0 Å². The molecule has 2 aliphatic rings. The van der Waals surface area contributed by atoms with Gasteiger partial charge in [0.15, 0.2) is 12.5 Å². The molecule has 0 spiro atoms.